The van der Waals surface area contributed by atoms with Gasteiger partial charge in [0.15, 0.2) is 0 Å². The van der Waals surface area contributed by atoms with Crippen LogP contribution < -0.4 is 27.8 Å². The van der Waals surface area contributed by atoms with Crippen molar-refractivity contribution in [2.75, 3.05) is 0 Å². The Kier molecular flexibility index (Phi) is 15.2. The SMILES string of the molecule is CC[n+]1c(C#Cc2ccccc2)ccc2ccccc21.C[n+]1c(C#Cc2ccccc2)ccc2ccccc21.Cc1ccc(S(=O)(=O)[O-])cc1.[O-][Cl+3]([O-])([O-])[O-]. The van der Waals surface area contributed by atoms with Crippen molar-refractivity contribution in [1.29, 1.82) is 0 Å². The fraction of sp³-hybridized carbons (Fsp3) is 0.0909. The number of hydrogen-bond donors (Lipinski definition) is 0. The first-order chi connectivity index (χ1) is 26.2. The summed E-state index contributed by atoms with van der Waals surface area (Å²) in [4.78, 5) is -0.178. The van der Waals surface area contributed by atoms with Gasteiger partial charge in [0.1, 0.15) is 23.7 Å². The molecule has 2 aromatic heterocycles. The number of nitrogens with zero attached hydrogens (tertiary/aromatic N) is 2. The molecule has 0 aliphatic heterocycles. The van der Waals surface area contributed by atoms with E-state index in [4.69, 9.17) is 18.6 Å². The van der Waals surface area contributed by atoms with Crippen LogP contribution in [0.4, 0.5) is 0 Å². The summed E-state index contributed by atoms with van der Waals surface area (Å²) in [6, 6.07) is 51.1. The van der Waals surface area contributed by atoms with Gasteiger partial charge in [-0.2, -0.15) is 9.13 Å². The minimum atomic E-state index is -4.94. The number of benzene rings is 5. The lowest BCUT2D eigenvalue weighted by atomic mass is 10.1. The third-order valence-corrected chi connectivity index (χ3v) is 8.71. The molecular formula is C44H37ClN2O7S. The summed E-state index contributed by atoms with van der Waals surface area (Å²) in [5.74, 6) is 12.9. The van der Waals surface area contributed by atoms with Gasteiger partial charge in [-0.25, -0.2) is 27.1 Å². The zero-order valence-electron chi connectivity index (χ0n) is 30.3. The Balaban J connectivity index is 0.000000179. The predicted molar refractivity (Wildman–Crippen MR) is 199 cm³/mol. The van der Waals surface area contributed by atoms with Crippen molar-refractivity contribution in [2.45, 2.75) is 25.3 Å². The third-order valence-electron chi connectivity index (χ3n) is 7.86. The summed E-state index contributed by atoms with van der Waals surface area (Å²) in [6.45, 7) is 4.89. The van der Waals surface area contributed by atoms with Crippen molar-refractivity contribution < 1.29 is 51.0 Å². The number of hydrogen-bond acceptors (Lipinski definition) is 7. The molecule has 55 heavy (non-hydrogen) atoms. The van der Waals surface area contributed by atoms with Crippen LogP contribution >= 0.6 is 0 Å². The molecule has 0 spiro atoms. The minimum absolute atomic E-state index is 0.178. The quantitative estimate of drug-likeness (QED) is 0.149. The van der Waals surface area contributed by atoms with Gasteiger partial charge >= 0.3 is 0 Å². The zero-order valence-corrected chi connectivity index (χ0v) is 31.8. The van der Waals surface area contributed by atoms with Crippen LogP contribution in [0.2, 0.25) is 0 Å². The summed E-state index contributed by atoms with van der Waals surface area (Å²) in [7, 11) is -7.16. The number of aryl methyl sites for hydroxylation is 3. The van der Waals surface area contributed by atoms with Crippen LogP contribution in [-0.2, 0) is 23.7 Å². The van der Waals surface area contributed by atoms with E-state index in [1.807, 2.05) is 67.6 Å². The first-order valence-corrected chi connectivity index (χ1v) is 19.4. The molecule has 5 aromatic carbocycles. The second kappa shape index (κ2) is 20.0. The van der Waals surface area contributed by atoms with Crippen LogP contribution in [0, 0.1) is 40.8 Å². The van der Waals surface area contributed by atoms with E-state index < -0.39 is 20.4 Å². The van der Waals surface area contributed by atoms with Crippen LogP contribution in [-0.4, -0.2) is 13.0 Å². The van der Waals surface area contributed by atoms with Crippen LogP contribution in [0.25, 0.3) is 21.8 Å². The van der Waals surface area contributed by atoms with Crippen molar-refractivity contribution in [3.8, 4) is 23.7 Å². The van der Waals surface area contributed by atoms with E-state index >= 15 is 0 Å². The van der Waals surface area contributed by atoms with E-state index in [0.717, 1.165) is 34.6 Å². The third kappa shape index (κ3) is 13.8. The van der Waals surface area contributed by atoms with Crippen molar-refractivity contribution in [1.82, 2.24) is 0 Å². The molecule has 2 heterocycles. The molecule has 9 nitrogen and oxygen atoms in total. The largest absolute Gasteiger partial charge is 0.744 e. The molecule has 0 unspecified atom stereocenters. The molecule has 0 saturated carbocycles. The van der Waals surface area contributed by atoms with Crippen molar-refractivity contribution >= 4 is 31.9 Å². The fourth-order valence-corrected chi connectivity index (χ4v) is 5.67. The molecule has 0 radical (unpaired) electrons. The molecule has 0 atom stereocenters. The second-order valence-electron chi connectivity index (χ2n) is 11.7. The Morgan fingerprint density at radius 3 is 1.45 bits per heavy atom. The van der Waals surface area contributed by atoms with Gasteiger partial charge in [-0.05, 0) is 74.5 Å². The predicted octanol–water partition coefficient (Wildman–Crippen LogP) is 2.75. The topological polar surface area (TPSA) is 157 Å². The molecule has 0 aliphatic carbocycles. The smallest absolute Gasteiger partial charge is 0.257 e. The molecular weight excluding hydrogens is 736 g/mol. The molecule has 0 saturated heterocycles. The van der Waals surface area contributed by atoms with Crippen LogP contribution in [0.1, 0.15) is 35.0 Å². The average Bonchev–Trinajstić information content (AvgIpc) is 3.17. The lowest BCUT2D eigenvalue weighted by Crippen LogP contribution is -2.68. The maximum Gasteiger partial charge on any atom is 0.257 e. The van der Waals surface area contributed by atoms with Gasteiger partial charge in [-0.15, -0.1) is 10.2 Å². The molecule has 0 amide bonds. The molecule has 7 aromatic rings. The van der Waals surface area contributed by atoms with Gasteiger partial charge in [0, 0.05) is 58.0 Å². The number of halogens is 1. The fourth-order valence-electron chi connectivity index (χ4n) is 5.20. The first kappa shape index (κ1) is 41.8. The highest BCUT2D eigenvalue weighted by Crippen LogP contribution is 2.12. The van der Waals surface area contributed by atoms with Crippen molar-refractivity contribution in [3.63, 3.8) is 0 Å². The summed E-state index contributed by atoms with van der Waals surface area (Å²) in [6.07, 6.45) is 0. The first-order valence-electron chi connectivity index (χ1n) is 16.8. The van der Waals surface area contributed by atoms with Crippen molar-refractivity contribution in [2.24, 2.45) is 7.05 Å². The monoisotopic (exact) mass is 772 g/mol. The van der Waals surface area contributed by atoms with Gasteiger partial charge < -0.3 is 4.55 Å². The standard InChI is InChI=1S/C19H16N.C18H14N.C7H8O3S.ClHO4/c1-2-20-18(14-12-16-8-4-3-5-9-16)15-13-17-10-6-7-11-19(17)20;1-19-17(13-11-15-7-3-2-4-8-15)14-12-16-9-5-6-10-18(16)19;1-6-2-4-7(5-3-6)11(8,9)10;2-1(3,4)5/h3-11,13,15H,2H2,1H3;2-10,12,14H,1H3;2-5H,1H3,(H,8,9,10);(H,2,3,4,5)/q2*+1;;/p-2. The zero-order chi connectivity index (χ0) is 39.8. The molecule has 0 N–H and O–H groups in total. The summed E-state index contributed by atoms with van der Waals surface area (Å²) in [5.41, 5.74) is 7.51. The number of fused-ring (bicyclic) bond motifs is 2. The Hall–Kier alpha value is -5.92. The van der Waals surface area contributed by atoms with E-state index in [2.05, 4.69) is 120 Å². The molecule has 0 fully saturated rings. The minimum Gasteiger partial charge on any atom is -0.744 e. The Morgan fingerprint density at radius 2 is 0.964 bits per heavy atom. The normalized spacial score (nSPS) is 10.5. The van der Waals surface area contributed by atoms with E-state index in [9.17, 15) is 13.0 Å². The van der Waals surface area contributed by atoms with Crippen LogP contribution in [0.3, 0.4) is 0 Å². The Bertz CT molecular complexity index is 2570. The highest BCUT2D eigenvalue weighted by molar-refractivity contribution is 7.85. The highest BCUT2D eigenvalue weighted by Gasteiger charge is 2.11. The van der Waals surface area contributed by atoms with Gasteiger partial charge in [0.2, 0.25) is 11.0 Å². The van der Waals surface area contributed by atoms with Gasteiger partial charge in [0.05, 0.1) is 4.90 Å². The van der Waals surface area contributed by atoms with Gasteiger partial charge in [0.25, 0.3) is 11.4 Å². The summed E-state index contributed by atoms with van der Waals surface area (Å²) in [5, 5.41) is 2.48. The molecule has 11 heteroatoms. The molecule has 7 rings (SSSR count). The summed E-state index contributed by atoms with van der Waals surface area (Å²) >= 11 is 0. The highest BCUT2D eigenvalue weighted by atomic mass is 35.7. The number of aromatic nitrogens is 2. The Labute approximate surface area is 323 Å². The van der Waals surface area contributed by atoms with E-state index in [1.165, 1.54) is 33.9 Å². The van der Waals surface area contributed by atoms with E-state index in [0.29, 0.717) is 0 Å². The Morgan fingerprint density at radius 1 is 0.545 bits per heavy atom. The number of para-hydroxylation sites is 2. The van der Waals surface area contributed by atoms with Crippen LogP contribution in [0.15, 0.2) is 163 Å². The lowest BCUT2D eigenvalue weighted by Gasteiger charge is -2.17. The maximum absolute atomic E-state index is 10.4. The van der Waals surface area contributed by atoms with Crippen LogP contribution in [0.5, 0.6) is 0 Å². The lowest BCUT2D eigenvalue weighted by molar-refractivity contribution is -2.00. The van der Waals surface area contributed by atoms with E-state index in [-0.39, 0.29) is 4.90 Å². The maximum atomic E-state index is 10.4. The molecule has 0 aliphatic rings. The summed E-state index contributed by atoms with van der Waals surface area (Å²) < 4.78 is 69.5. The van der Waals surface area contributed by atoms with Gasteiger partial charge in [-0.1, -0.05) is 90.2 Å². The van der Waals surface area contributed by atoms with Crippen molar-refractivity contribution in [3.05, 3.63) is 186 Å². The number of rotatable bonds is 2. The molecule has 0 bridgehead atoms. The second-order valence-corrected chi connectivity index (χ2v) is 13.9. The van der Waals surface area contributed by atoms with Gasteiger partial charge in [-0.3, -0.25) is 0 Å². The molecule has 278 valence electrons. The average molecular weight is 773 g/mol. The number of pyridine rings is 2. The van der Waals surface area contributed by atoms with E-state index in [1.54, 1.807) is 12.1 Å².